The topological polar surface area (TPSA) is 44.4 Å². The van der Waals surface area contributed by atoms with Gasteiger partial charge >= 0.3 is 0 Å². The van der Waals surface area contributed by atoms with Gasteiger partial charge in [-0.05, 0) is 70.5 Å². The molecule has 4 nitrogen and oxygen atoms in total. The van der Waals surface area contributed by atoms with E-state index < -0.39 is 0 Å². The SMILES string of the molecule is O=C1CCCN1c1cccc(CNC(=S)Nc2ccc(Br)c(Cl)c2)c1. The summed E-state index contributed by atoms with van der Waals surface area (Å²) >= 11 is 14.8. The summed E-state index contributed by atoms with van der Waals surface area (Å²) in [5.74, 6) is 0.189. The van der Waals surface area contributed by atoms with E-state index in [2.05, 4.69) is 26.6 Å². The van der Waals surface area contributed by atoms with Crippen molar-refractivity contribution in [3.05, 3.63) is 57.5 Å². The Morgan fingerprint density at radius 3 is 2.84 bits per heavy atom. The largest absolute Gasteiger partial charge is 0.358 e. The number of nitrogens with one attached hydrogen (secondary N) is 2. The highest BCUT2D eigenvalue weighted by Gasteiger charge is 2.21. The van der Waals surface area contributed by atoms with E-state index in [1.165, 1.54) is 0 Å². The Morgan fingerprint density at radius 1 is 1.28 bits per heavy atom. The number of anilines is 2. The zero-order valence-electron chi connectivity index (χ0n) is 13.4. The van der Waals surface area contributed by atoms with Crippen molar-refractivity contribution in [1.82, 2.24) is 5.32 Å². The Labute approximate surface area is 165 Å². The first-order valence-electron chi connectivity index (χ1n) is 7.92. The van der Waals surface area contributed by atoms with E-state index in [0.29, 0.717) is 23.1 Å². The van der Waals surface area contributed by atoms with Gasteiger partial charge in [0, 0.05) is 35.4 Å². The summed E-state index contributed by atoms with van der Waals surface area (Å²) in [4.78, 5) is 13.7. The second-order valence-corrected chi connectivity index (χ2v) is 7.43. The molecule has 1 aliphatic heterocycles. The monoisotopic (exact) mass is 437 g/mol. The highest BCUT2D eigenvalue weighted by molar-refractivity contribution is 9.10. The first kappa shape index (κ1) is 18.2. The second-order valence-electron chi connectivity index (χ2n) is 5.76. The number of amides is 1. The molecular formula is C18H17BrClN3OS. The van der Waals surface area contributed by atoms with E-state index >= 15 is 0 Å². The van der Waals surface area contributed by atoms with Gasteiger partial charge < -0.3 is 15.5 Å². The number of rotatable bonds is 4. The molecule has 130 valence electrons. The third-order valence-electron chi connectivity index (χ3n) is 3.93. The third-order valence-corrected chi connectivity index (χ3v) is 5.41. The highest BCUT2D eigenvalue weighted by Crippen LogP contribution is 2.25. The van der Waals surface area contributed by atoms with Gasteiger partial charge in [0.25, 0.3) is 0 Å². The maximum atomic E-state index is 11.9. The minimum atomic E-state index is 0.189. The predicted molar refractivity (Wildman–Crippen MR) is 110 cm³/mol. The van der Waals surface area contributed by atoms with Crippen molar-refractivity contribution >= 4 is 62.1 Å². The normalized spacial score (nSPS) is 13.8. The fourth-order valence-electron chi connectivity index (χ4n) is 2.69. The van der Waals surface area contributed by atoms with Crippen molar-refractivity contribution in [2.24, 2.45) is 0 Å². The Bertz CT molecular complexity index is 815. The van der Waals surface area contributed by atoms with Crippen LogP contribution in [0.3, 0.4) is 0 Å². The molecule has 1 amide bonds. The number of nitrogens with zero attached hydrogens (tertiary/aromatic N) is 1. The first-order chi connectivity index (χ1) is 12.0. The Hall–Kier alpha value is -1.63. The average Bonchev–Trinajstić information content (AvgIpc) is 3.03. The van der Waals surface area contributed by atoms with Gasteiger partial charge in [0.1, 0.15) is 0 Å². The molecule has 0 saturated carbocycles. The van der Waals surface area contributed by atoms with Crippen LogP contribution in [0, 0.1) is 0 Å². The summed E-state index contributed by atoms with van der Waals surface area (Å²) in [7, 11) is 0. The fraction of sp³-hybridized carbons (Fsp3) is 0.222. The van der Waals surface area contributed by atoms with Crippen molar-refractivity contribution in [2.45, 2.75) is 19.4 Å². The maximum absolute atomic E-state index is 11.9. The lowest BCUT2D eigenvalue weighted by Gasteiger charge is -2.17. The van der Waals surface area contributed by atoms with E-state index in [-0.39, 0.29) is 5.91 Å². The lowest BCUT2D eigenvalue weighted by atomic mass is 10.2. The number of hydrogen-bond donors (Lipinski definition) is 2. The van der Waals surface area contributed by atoms with Gasteiger partial charge in [-0.3, -0.25) is 4.79 Å². The van der Waals surface area contributed by atoms with Crippen molar-refractivity contribution < 1.29 is 4.79 Å². The van der Waals surface area contributed by atoms with Gasteiger partial charge in [-0.15, -0.1) is 0 Å². The molecule has 1 saturated heterocycles. The van der Waals surface area contributed by atoms with Gasteiger partial charge in [-0.1, -0.05) is 23.7 Å². The molecule has 1 fully saturated rings. The van der Waals surface area contributed by atoms with Crippen molar-refractivity contribution in [3.63, 3.8) is 0 Å². The van der Waals surface area contributed by atoms with Crippen LogP contribution in [0.25, 0.3) is 0 Å². The molecule has 0 spiro atoms. The summed E-state index contributed by atoms with van der Waals surface area (Å²) in [6.07, 6.45) is 1.55. The summed E-state index contributed by atoms with van der Waals surface area (Å²) in [5, 5.41) is 7.42. The van der Waals surface area contributed by atoms with Crippen LogP contribution in [0.2, 0.25) is 5.02 Å². The minimum absolute atomic E-state index is 0.189. The molecular weight excluding hydrogens is 422 g/mol. The number of carbonyl (C=O) groups is 1. The average molecular weight is 439 g/mol. The van der Waals surface area contributed by atoms with E-state index in [1.54, 1.807) is 6.07 Å². The van der Waals surface area contributed by atoms with Crippen LogP contribution in [0.4, 0.5) is 11.4 Å². The van der Waals surface area contributed by atoms with Crippen molar-refractivity contribution in [3.8, 4) is 0 Å². The Balaban J connectivity index is 1.58. The van der Waals surface area contributed by atoms with Crippen LogP contribution in [-0.4, -0.2) is 17.6 Å². The predicted octanol–water partition coefficient (Wildman–Crippen LogP) is 4.72. The minimum Gasteiger partial charge on any atom is -0.358 e. The number of benzene rings is 2. The van der Waals surface area contributed by atoms with Crippen LogP contribution < -0.4 is 15.5 Å². The van der Waals surface area contributed by atoms with Gasteiger partial charge in [0.15, 0.2) is 5.11 Å². The third kappa shape index (κ3) is 4.71. The van der Waals surface area contributed by atoms with Crippen LogP contribution >= 0.6 is 39.7 Å². The standard InChI is InChI=1S/C18H17BrClN3OS/c19-15-7-6-13(10-16(15)20)22-18(25)21-11-12-3-1-4-14(9-12)23-8-2-5-17(23)24/h1,3-4,6-7,9-10H,2,5,8,11H2,(H2,21,22,25). The Kier molecular flexibility index (Phi) is 5.93. The molecule has 0 unspecified atom stereocenters. The van der Waals surface area contributed by atoms with Crippen LogP contribution in [0.15, 0.2) is 46.9 Å². The van der Waals surface area contributed by atoms with E-state index in [0.717, 1.165) is 34.4 Å². The summed E-state index contributed by atoms with van der Waals surface area (Å²) < 4.78 is 0.840. The molecule has 25 heavy (non-hydrogen) atoms. The summed E-state index contributed by atoms with van der Waals surface area (Å²) in [6, 6.07) is 13.5. The van der Waals surface area contributed by atoms with Gasteiger partial charge in [-0.25, -0.2) is 0 Å². The van der Waals surface area contributed by atoms with Gasteiger partial charge in [-0.2, -0.15) is 0 Å². The van der Waals surface area contributed by atoms with Gasteiger partial charge in [0.2, 0.25) is 5.91 Å². The molecule has 0 radical (unpaired) electrons. The maximum Gasteiger partial charge on any atom is 0.227 e. The Morgan fingerprint density at radius 2 is 2.12 bits per heavy atom. The number of thiocarbonyl (C=S) groups is 1. The molecule has 1 heterocycles. The molecule has 2 aromatic rings. The number of hydrogen-bond acceptors (Lipinski definition) is 2. The first-order valence-corrected chi connectivity index (χ1v) is 9.50. The zero-order chi connectivity index (χ0) is 17.8. The van der Waals surface area contributed by atoms with Crippen molar-refractivity contribution in [2.75, 3.05) is 16.8 Å². The van der Waals surface area contributed by atoms with Crippen LogP contribution in [0.5, 0.6) is 0 Å². The zero-order valence-corrected chi connectivity index (χ0v) is 16.5. The summed E-state index contributed by atoms with van der Waals surface area (Å²) in [6.45, 7) is 1.37. The molecule has 0 aromatic heterocycles. The molecule has 0 aliphatic carbocycles. The fourth-order valence-corrected chi connectivity index (χ4v) is 3.30. The number of halogens is 2. The lowest BCUT2D eigenvalue weighted by Crippen LogP contribution is -2.28. The lowest BCUT2D eigenvalue weighted by molar-refractivity contribution is -0.117. The molecule has 0 atom stereocenters. The van der Waals surface area contributed by atoms with E-state index in [4.69, 9.17) is 23.8 Å². The molecule has 3 rings (SSSR count). The second kappa shape index (κ2) is 8.17. The molecule has 0 bridgehead atoms. The van der Waals surface area contributed by atoms with Crippen molar-refractivity contribution in [1.29, 1.82) is 0 Å². The quantitative estimate of drug-likeness (QED) is 0.678. The van der Waals surface area contributed by atoms with Crippen LogP contribution in [-0.2, 0) is 11.3 Å². The highest BCUT2D eigenvalue weighted by atomic mass is 79.9. The van der Waals surface area contributed by atoms with Gasteiger partial charge in [0.05, 0.1) is 5.02 Å². The number of carbonyl (C=O) groups excluding carboxylic acids is 1. The van der Waals surface area contributed by atoms with Crippen LogP contribution in [0.1, 0.15) is 18.4 Å². The van der Waals surface area contributed by atoms with E-state index in [9.17, 15) is 4.79 Å². The molecule has 7 heteroatoms. The molecule has 2 aromatic carbocycles. The molecule has 2 N–H and O–H groups in total. The van der Waals surface area contributed by atoms with E-state index in [1.807, 2.05) is 41.3 Å². The molecule has 1 aliphatic rings. The smallest absolute Gasteiger partial charge is 0.227 e. The summed E-state index contributed by atoms with van der Waals surface area (Å²) in [5.41, 5.74) is 2.83.